The van der Waals surface area contributed by atoms with Gasteiger partial charge in [0.15, 0.2) is 0 Å². The Morgan fingerprint density at radius 1 is 1.05 bits per heavy atom. The van der Waals surface area contributed by atoms with Crippen LogP contribution in [0.15, 0.2) is 63.3 Å². The van der Waals surface area contributed by atoms with E-state index in [0.29, 0.717) is 0 Å². The third-order valence-corrected chi connectivity index (χ3v) is 5.57. The molecule has 1 aromatic heterocycles. The van der Waals surface area contributed by atoms with Crippen molar-refractivity contribution in [1.82, 2.24) is 4.98 Å². The van der Waals surface area contributed by atoms with Crippen LogP contribution in [-0.4, -0.2) is 4.98 Å². The van der Waals surface area contributed by atoms with E-state index in [4.69, 9.17) is 0 Å². The molecule has 1 nitrogen and oxygen atoms in total. The van der Waals surface area contributed by atoms with Gasteiger partial charge in [-0.2, -0.15) is 0 Å². The Morgan fingerprint density at radius 2 is 2.00 bits per heavy atom. The zero-order chi connectivity index (χ0) is 13.4. The predicted molar refractivity (Wildman–Crippen MR) is 86.9 cm³/mol. The van der Waals surface area contributed by atoms with Crippen molar-refractivity contribution in [2.24, 2.45) is 0 Å². The lowest BCUT2D eigenvalue weighted by Gasteiger charge is -2.18. The Hall–Kier alpha value is -1.45. The highest BCUT2D eigenvalue weighted by atomic mass is 32.2. The van der Waals surface area contributed by atoms with Crippen LogP contribution in [0.25, 0.3) is 5.57 Å². The van der Waals surface area contributed by atoms with Gasteiger partial charge < -0.3 is 0 Å². The number of fused-ring (bicyclic) bond motifs is 2. The van der Waals surface area contributed by atoms with Gasteiger partial charge in [-0.15, -0.1) is 0 Å². The molecular formula is C17H13NS2. The minimum atomic E-state index is 1.00. The Morgan fingerprint density at radius 3 is 3.00 bits per heavy atom. The Balaban J connectivity index is 1.68. The second-order valence-corrected chi connectivity index (χ2v) is 6.73. The third kappa shape index (κ3) is 2.21. The molecule has 0 fully saturated rings. The second kappa shape index (κ2) is 5.15. The lowest BCUT2D eigenvalue weighted by molar-refractivity contribution is 1.02. The first-order valence-corrected chi connectivity index (χ1v) is 8.41. The molecule has 0 N–H and O–H groups in total. The van der Waals surface area contributed by atoms with Gasteiger partial charge in [-0.1, -0.05) is 47.8 Å². The van der Waals surface area contributed by atoms with E-state index in [1.807, 2.05) is 18.0 Å². The molecule has 0 aliphatic carbocycles. The zero-order valence-electron chi connectivity index (χ0n) is 10.9. The molecule has 0 spiro atoms. The van der Waals surface area contributed by atoms with Crippen LogP contribution in [0.1, 0.15) is 16.7 Å². The molecule has 0 atom stereocenters. The standard InChI is InChI=1S/C17H13NS2/c1-2-6-16-12(4-1)8-15(11-20-16)14-9-13-5-3-7-19-17(13)18-10-14/h1-4,6-7,9-11H,5,8H2. The maximum absolute atomic E-state index is 4.61. The molecular weight excluding hydrogens is 282 g/mol. The summed E-state index contributed by atoms with van der Waals surface area (Å²) in [4.78, 5) is 5.99. The summed E-state index contributed by atoms with van der Waals surface area (Å²) in [5.74, 6) is 0. The first-order valence-electron chi connectivity index (χ1n) is 6.65. The van der Waals surface area contributed by atoms with Crippen LogP contribution >= 0.6 is 23.5 Å². The van der Waals surface area contributed by atoms with E-state index in [0.717, 1.165) is 17.9 Å². The maximum atomic E-state index is 4.61. The first kappa shape index (κ1) is 12.3. The molecule has 0 saturated heterocycles. The first-order chi connectivity index (χ1) is 9.90. The normalized spacial score (nSPS) is 16.3. The monoisotopic (exact) mass is 295 g/mol. The van der Waals surface area contributed by atoms with Crippen molar-refractivity contribution in [2.45, 2.75) is 22.8 Å². The zero-order valence-corrected chi connectivity index (χ0v) is 12.5. The van der Waals surface area contributed by atoms with E-state index in [-0.39, 0.29) is 0 Å². The Kier molecular flexibility index (Phi) is 3.17. The minimum Gasteiger partial charge on any atom is -0.249 e. The van der Waals surface area contributed by atoms with Crippen molar-refractivity contribution in [3.05, 3.63) is 70.1 Å². The maximum Gasteiger partial charge on any atom is 0.104 e. The van der Waals surface area contributed by atoms with Crippen molar-refractivity contribution >= 4 is 29.1 Å². The summed E-state index contributed by atoms with van der Waals surface area (Å²) >= 11 is 3.54. The van der Waals surface area contributed by atoms with Gasteiger partial charge in [0.05, 0.1) is 0 Å². The van der Waals surface area contributed by atoms with E-state index < -0.39 is 0 Å². The summed E-state index contributed by atoms with van der Waals surface area (Å²) in [6.07, 6.45) is 6.23. The van der Waals surface area contributed by atoms with Crippen LogP contribution in [0.4, 0.5) is 0 Å². The summed E-state index contributed by atoms with van der Waals surface area (Å²) in [5.41, 5.74) is 5.41. The van der Waals surface area contributed by atoms with Crippen LogP contribution < -0.4 is 0 Å². The fraction of sp³-hybridized carbons (Fsp3) is 0.118. The average molecular weight is 295 g/mol. The van der Waals surface area contributed by atoms with Gasteiger partial charge in [-0.3, -0.25) is 0 Å². The van der Waals surface area contributed by atoms with Crippen LogP contribution in [-0.2, 0) is 12.8 Å². The number of allylic oxidation sites excluding steroid dienone is 2. The molecule has 0 bridgehead atoms. The number of hydrogen-bond donors (Lipinski definition) is 0. The summed E-state index contributed by atoms with van der Waals surface area (Å²) in [5, 5.41) is 5.55. The summed E-state index contributed by atoms with van der Waals surface area (Å²) < 4.78 is 0. The Bertz CT molecular complexity index is 732. The summed E-state index contributed by atoms with van der Waals surface area (Å²) in [6, 6.07) is 10.9. The van der Waals surface area contributed by atoms with E-state index in [1.54, 1.807) is 11.8 Å². The molecule has 0 radical (unpaired) electrons. The third-order valence-electron chi connectivity index (χ3n) is 3.59. The molecule has 0 saturated carbocycles. The van der Waals surface area contributed by atoms with E-state index in [9.17, 15) is 0 Å². The molecule has 1 aromatic carbocycles. The number of hydrogen-bond acceptors (Lipinski definition) is 3. The van der Waals surface area contributed by atoms with Gasteiger partial charge in [0.2, 0.25) is 0 Å². The van der Waals surface area contributed by atoms with Crippen molar-refractivity contribution in [2.75, 3.05) is 0 Å². The van der Waals surface area contributed by atoms with Gasteiger partial charge >= 0.3 is 0 Å². The van der Waals surface area contributed by atoms with Crippen LogP contribution in [0.5, 0.6) is 0 Å². The SMILES string of the molecule is C1=CSc2ncc(C3=CSc4ccccc4C3)cc2C1. The van der Waals surface area contributed by atoms with Crippen LogP contribution in [0.3, 0.4) is 0 Å². The minimum absolute atomic E-state index is 1.00. The van der Waals surface area contributed by atoms with Gasteiger partial charge in [0.25, 0.3) is 0 Å². The summed E-state index contributed by atoms with van der Waals surface area (Å²) in [6.45, 7) is 0. The number of nitrogens with zero attached hydrogens (tertiary/aromatic N) is 1. The number of benzene rings is 1. The number of thioether (sulfide) groups is 2. The molecule has 2 aliphatic heterocycles. The highest BCUT2D eigenvalue weighted by Gasteiger charge is 2.15. The van der Waals surface area contributed by atoms with E-state index in [2.05, 4.69) is 52.2 Å². The molecule has 3 heterocycles. The predicted octanol–water partition coefficient (Wildman–Crippen LogP) is 4.93. The second-order valence-electron chi connectivity index (χ2n) is 4.93. The van der Waals surface area contributed by atoms with Crippen molar-refractivity contribution in [1.29, 1.82) is 0 Å². The fourth-order valence-electron chi connectivity index (χ4n) is 2.53. The molecule has 2 aliphatic rings. The number of aromatic nitrogens is 1. The smallest absolute Gasteiger partial charge is 0.104 e. The Labute approximate surface area is 127 Å². The molecule has 4 rings (SSSR count). The van der Waals surface area contributed by atoms with E-state index in [1.165, 1.54) is 27.2 Å². The molecule has 98 valence electrons. The van der Waals surface area contributed by atoms with Crippen molar-refractivity contribution in [3.8, 4) is 0 Å². The van der Waals surface area contributed by atoms with Gasteiger partial charge in [-0.05, 0) is 58.1 Å². The van der Waals surface area contributed by atoms with E-state index >= 15 is 0 Å². The van der Waals surface area contributed by atoms with Crippen molar-refractivity contribution in [3.63, 3.8) is 0 Å². The van der Waals surface area contributed by atoms with Crippen molar-refractivity contribution < 1.29 is 0 Å². The lowest BCUT2D eigenvalue weighted by atomic mass is 9.99. The van der Waals surface area contributed by atoms with Crippen LogP contribution in [0, 0.1) is 0 Å². The van der Waals surface area contributed by atoms with Gasteiger partial charge in [0, 0.05) is 11.1 Å². The fourth-order valence-corrected chi connectivity index (χ4v) is 4.20. The highest BCUT2D eigenvalue weighted by Crippen LogP contribution is 2.37. The van der Waals surface area contributed by atoms with Gasteiger partial charge in [-0.25, -0.2) is 4.98 Å². The quantitative estimate of drug-likeness (QED) is 0.740. The van der Waals surface area contributed by atoms with Crippen LogP contribution in [0.2, 0.25) is 0 Å². The largest absolute Gasteiger partial charge is 0.249 e. The highest BCUT2D eigenvalue weighted by molar-refractivity contribution is 8.02. The number of rotatable bonds is 1. The molecule has 3 heteroatoms. The van der Waals surface area contributed by atoms with Gasteiger partial charge in [0.1, 0.15) is 5.03 Å². The topological polar surface area (TPSA) is 12.9 Å². The number of pyridine rings is 1. The molecule has 20 heavy (non-hydrogen) atoms. The molecule has 0 amide bonds. The summed E-state index contributed by atoms with van der Waals surface area (Å²) in [7, 11) is 0. The lowest BCUT2D eigenvalue weighted by Crippen LogP contribution is -2.00. The average Bonchev–Trinajstić information content (AvgIpc) is 2.54. The molecule has 0 unspecified atom stereocenters. The molecule has 2 aromatic rings.